The summed E-state index contributed by atoms with van der Waals surface area (Å²) in [6.45, 7) is 18.0. The summed E-state index contributed by atoms with van der Waals surface area (Å²) in [6, 6.07) is 6.09. The van der Waals surface area contributed by atoms with Gasteiger partial charge in [0.05, 0.1) is 0 Å². The number of phenolic OH excluding ortho intramolecular Hbond substituents is 1. The molecule has 52 heavy (non-hydrogen) atoms. The van der Waals surface area contributed by atoms with E-state index in [0.717, 1.165) is 57.9 Å². The van der Waals surface area contributed by atoms with E-state index in [-0.39, 0.29) is 0 Å². The first-order valence-electron chi connectivity index (χ1n) is 22.7. The van der Waals surface area contributed by atoms with E-state index < -0.39 is 0 Å². The zero-order valence-electron chi connectivity index (χ0n) is 36.2. The third kappa shape index (κ3) is 45.7. The first-order chi connectivity index (χ1) is 25.3. The van der Waals surface area contributed by atoms with Gasteiger partial charge in [-0.25, -0.2) is 0 Å². The molecule has 0 aliphatic carbocycles. The van der Waals surface area contributed by atoms with Crippen LogP contribution in [-0.2, 0) is 36.6 Å². The van der Waals surface area contributed by atoms with Gasteiger partial charge in [0.25, 0.3) is 0 Å². The Morgan fingerprint density at radius 1 is 0.519 bits per heavy atom. The molecule has 0 aliphatic heterocycles. The molecule has 0 radical (unpaired) electrons. The quantitative estimate of drug-likeness (QED) is 0.0426. The molecule has 0 atom stereocenters. The summed E-state index contributed by atoms with van der Waals surface area (Å²) in [7, 11) is 0. The molecule has 3 nitrogen and oxygen atoms in total. The third-order valence-corrected chi connectivity index (χ3v) is 10.0. The first-order valence-corrected chi connectivity index (χ1v) is 23.4. The number of aliphatic hydroxyl groups is 1. The van der Waals surface area contributed by atoms with Crippen molar-refractivity contribution in [2.45, 2.75) is 247 Å². The molecule has 0 fully saturated rings. The van der Waals surface area contributed by atoms with Gasteiger partial charge in [0, 0.05) is 6.61 Å². The van der Waals surface area contributed by atoms with Crippen LogP contribution in [0.25, 0.3) is 0 Å². The van der Waals surface area contributed by atoms with Gasteiger partial charge in [-0.1, -0.05) is 221 Å². The molecule has 2 N–H and O–H groups in total. The van der Waals surface area contributed by atoms with E-state index in [9.17, 15) is 5.11 Å². The first kappa shape index (κ1) is 55.8. The molecular weight excluding hydrogens is 672 g/mol. The molecule has 1 aromatic rings. The summed E-state index contributed by atoms with van der Waals surface area (Å²) >= 11 is 0.750. The Hall–Kier alpha value is -0.506. The van der Waals surface area contributed by atoms with Crippen LogP contribution in [0.3, 0.4) is 0 Å². The fraction of sp³-hybridized carbons (Fsp3) is 0.854. The van der Waals surface area contributed by atoms with E-state index in [4.69, 9.17) is 8.43 Å². The van der Waals surface area contributed by atoms with E-state index in [1.54, 1.807) is 0 Å². The number of rotatable bonds is 33. The second-order valence-electron chi connectivity index (χ2n) is 16.2. The third-order valence-electron chi connectivity index (χ3n) is 10.0. The molecule has 0 bridgehead atoms. The van der Waals surface area contributed by atoms with Crippen molar-refractivity contribution < 1.29 is 33.9 Å². The monoisotopic (exact) mass is 766 g/mol. The van der Waals surface area contributed by atoms with Gasteiger partial charge in [-0.15, -0.1) is 0 Å². The van der Waals surface area contributed by atoms with Crippen molar-refractivity contribution in [1.29, 1.82) is 0 Å². The van der Waals surface area contributed by atoms with Crippen molar-refractivity contribution in [3.8, 4) is 5.75 Å². The van der Waals surface area contributed by atoms with Crippen molar-refractivity contribution in [3.05, 3.63) is 36.2 Å². The molecule has 307 valence electrons. The zero-order valence-corrected chi connectivity index (χ0v) is 37.8. The molecule has 1 rings (SSSR count). The standard InChI is InChI=1S/C24H42O.C12H26O.C12H25.O.Ti/c1-20(2)14-9-5-7-11-16-22-17-13-19-24(25)23(22)18-12-8-6-10-15-21(3)4;1-2-3-4-5-6-7-8-9-10-11-12-13;1-3-5-7-9-11-12-10-8-6-4-2;;/h13,17,19-21,25H,5-12,14-16,18H2,1-4H3;13H,2-12H2,1H3;1,3-12H2,2H3;;/q;;-1;;+1. The molecule has 0 unspecified atom stereocenters. The summed E-state index contributed by atoms with van der Waals surface area (Å²) in [4.78, 5) is 0. The molecular formula is C48H93O3Ti. The van der Waals surface area contributed by atoms with Gasteiger partial charge < -0.3 is 17.1 Å². The topological polar surface area (TPSA) is 57.5 Å². The number of aryl methyl sites for hydroxylation is 1. The fourth-order valence-corrected chi connectivity index (χ4v) is 6.66. The van der Waals surface area contributed by atoms with Gasteiger partial charge in [-0.2, -0.15) is 6.42 Å². The van der Waals surface area contributed by atoms with Gasteiger partial charge in [0.2, 0.25) is 0 Å². The van der Waals surface area contributed by atoms with Crippen molar-refractivity contribution in [3.63, 3.8) is 0 Å². The Balaban J connectivity index is -0.000000749. The van der Waals surface area contributed by atoms with Crippen LogP contribution in [0.2, 0.25) is 0 Å². The molecule has 0 aliphatic rings. The molecule has 0 amide bonds. The molecule has 0 saturated heterocycles. The van der Waals surface area contributed by atoms with Gasteiger partial charge in [0.1, 0.15) is 5.75 Å². The predicted molar refractivity (Wildman–Crippen MR) is 228 cm³/mol. The van der Waals surface area contributed by atoms with Crippen LogP contribution < -0.4 is 0 Å². The van der Waals surface area contributed by atoms with Crippen LogP contribution in [0, 0.1) is 18.8 Å². The van der Waals surface area contributed by atoms with E-state index in [1.165, 1.54) is 191 Å². The number of aromatic hydroxyl groups is 1. The minimum absolute atomic E-state index is 0.372. The average molecular weight is 766 g/mol. The molecule has 0 spiro atoms. The van der Waals surface area contributed by atoms with Crippen molar-refractivity contribution in [2.24, 2.45) is 11.8 Å². The second-order valence-corrected chi connectivity index (χ2v) is 16.2. The summed E-state index contributed by atoms with van der Waals surface area (Å²) < 4.78 is 8.25. The Labute approximate surface area is 339 Å². The molecule has 0 heterocycles. The summed E-state index contributed by atoms with van der Waals surface area (Å²) in [5.74, 6) is 2.17. The van der Waals surface area contributed by atoms with Crippen molar-refractivity contribution in [2.75, 3.05) is 6.61 Å². The number of aliphatic hydroxyl groups excluding tert-OH is 1. The summed E-state index contributed by atoms with van der Waals surface area (Å²) in [5, 5.41) is 18.8. The second kappa shape index (κ2) is 48.5. The maximum atomic E-state index is 10.3. The van der Waals surface area contributed by atoms with Crippen LogP contribution in [0.15, 0.2) is 18.2 Å². The van der Waals surface area contributed by atoms with Crippen LogP contribution >= 0.6 is 0 Å². The SMILES string of the molecule is CC(C)CCCCCCc1cccc(O)c1CCCCCCC(C)C.CCCCCCCCCCCCO.[CH2-]CCCCCCCCCCC.[O]=[Ti+]. The zero-order chi connectivity index (χ0) is 39.3. The van der Waals surface area contributed by atoms with E-state index in [2.05, 4.69) is 54.5 Å². The van der Waals surface area contributed by atoms with Crippen molar-refractivity contribution in [1.82, 2.24) is 0 Å². The molecule has 0 aromatic heterocycles. The number of hydrogen-bond acceptors (Lipinski definition) is 3. The predicted octanol–water partition coefficient (Wildman–Crippen LogP) is 16.2. The molecule has 4 heteroatoms. The maximum absolute atomic E-state index is 10.3. The normalized spacial score (nSPS) is 10.8. The number of unbranched alkanes of at least 4 members (excludes halogenated alkanes) is 24. The van der Waals surface area contributed by atoms with Crippen molar-refractivity contribution >= 4 is 0 Å². The van der Waals surface area contributed by atoms with Gasteiger partial charge in [0.15, 0.2) is 0 Å². The fourth-order valence-electron chi connectivity index (χ4n) is 6.66. The summed E-state index contributed by atoms with van der Waals surface area (Å²) in [5.41, 5.74) is 2.60. The van der Waals surface area contributed by atoms with Crippen LogP contribution in [0.4, 0.5) is 0 Å². The Bertz CT molecular complexity index is 761. The van der Waals surface area contributed by atoms with Gasteiger partial charge in [-0.05, 0) is 61.1 Å². The van der Waals surface area contributed by atoms with Gasteiger partial charge in [-0.3, -0.25) is 0 Å². The average Bonchev–Trinajstić information content (AvgIpc) is 3.13. The summed E-state index contributed by atoms with van der Waals surface area (Å²) in [6.07, 6.45) is 42.5. The molecule has 1 aromatic carbocycles. The molecule has 0 saturated carbocycles. The Kier molecular flexibility index (Phi) is 52.1. The number of benzene rings is 1. The van der Waals surface area contributed by atoms with Crippen LogP contribution in [0.1, 0.15) is 245 Å². The number of hydrogen-bond donors (Lipinski definition) is 2. The van der Waals surface area contributed by atoms with Crippen LogP contribution in [-0.4, -0.2) is 16.8 Å². The van der Waals surface area contributed by atoms with E-state index in [1.807, 2.05) is 12.1 Å². The minimum atomic E-state index is 0.372. The van der Waals surface area contributed by atoms with E-state index >= 15 is 0 Å². The Morgan fingerprint density at radius 3 is 1.29 bits per heavy atom. The van der Waals surface area contributed by atoms with Gasteiger partial charge >= 0.3 is 23.7 Å². The van der Waals surface area contributed by atoms with E-state index in [0.29, 0.717) is 12.4 Å². The number of phenols is 1. The van der Waals surface area contributed by atoms with Crippen LogP contribution in [0.5, 0.6) is 5.75 Å². The Morgan fingerprint density at radius 2 is 0.885 bits per heavy atom.